The van der Waals surface area contributed by atoms with Crippen LogP contribution in [-0.2, 0) is 0 Å². The maximum atomic E-state index is 6.11. The zero-order valence-electron chi connectivity index (χ0n) is 8.57. The second kappa shape index (κ2) is 3.71. The van der Waals surface area contributed by atoms with Crippen LogP contribution in [0, 0.1) is 6.92 Å². The highest BCUT2D eigenvalue weighted by Crippen LogP contribution is 2.34. The van der Waals surface area contributed by atoms with Crippen molar-refractivity contribution in [3.05, 3.63) is 33.4 Å². The zero-order valence-corrected chi connectivity index (χ0v) is 10.1. The van der Waals surface area contributed by atoms with Crippen LogP contribution in [0.1, 0.15) is 24.2 Å². The topological polar surface area (TPSA) is 41.8 Å². The van der Waals surface area contributed by atoms with E-state index in [0.717, 1.165) is 22.2 Å². The third kappa shape index (κ3) is 1.63. The average molecular weight is 243 g/mol. The molecule has 1 aromatic carbocycles. The van der Waals surface area contributed by atoms with Crippen molar-refractivity contribution in [1.82, 2.24) is 4.98 Å². The molecule has 1 atom stereocenters. The summed E-state index contributed by atoms with van der Waals surface area (Å²) in [5.41, 5.74) is 8.93. The van der Waals surface area contributed by atoms with Crippen LogP contribution in [0.3, 0.4) is 0 Å². The van der Waals surface area contributed by atoms with Crippen LogP contribution >= 0.6 is 23.2 Å². The van der Waals surface area contributed by atoms with E-state index < -0.39 is 0 Å². The van der Waals surface area contributed by atoms with Crippen LogP contribution in [-0.4, -0.2) is 4.98 Å². The fourth-order valence-electron chi connectivity index (χ4n) is 1.94. The van der Waals surface area contributed by atoms with Gasteiger partial charge in [0.05, 0.1) is 15.6 Å². The minimum atomic E-state index is -0.0176. The van der Waals surface area contributed by atoms with Gasteiger partial charge in [-0.15, -0.1) is 0 Å². The molecule has 0 bridgehead atoms. The lowest BCUT2D eigenvalue weighted by molar-refractivity contribution is 0.817. The van der Waals surface area contributed by atoms with Crippen LogP contribution < -0.4 is 5.73 Å². The van der Waals surface area contributed by atoms with Crippen molar-refractivity contribution in [2.75, 3.05) is 0 Å². The number of aromatic nitrogens is 1. The standard InChI is InChI=1S/C11H12Cl2N2/c1-5(14)9-6(2)15-11-7(9)3-4-8(12)10(11)13/h3-5,15H,14H2,1-2H3. The van der Waals surface area contributed by atoms with Crippen LogP contribution in [0.15, 0.2) is 12.1 Å². The average Bonchev–Trinajstić information content (AvgIpc) is 2.49. The molecule has 0 spiro atoms. The molecule has 0 saturated carbocycles. The lowest BCUT2D eigenvalue weighted by atomic mass is 10.1. The number of hydrogen-bond acceptors (Lipinski definition) is 1. The minimum Gasteiger partial charge on any atom is -0.357 e. The smallest absolute Gasteiger partial charge is 0.0833 e. The Morgan fingerprint density at radius 1 is 1.33 bits per heavy atom. The molecule has 0 aliphatic rings. The minimum absolute atomic E-state index is 0.0176. The van der Waals surface area contributed by atoms with E-state index in [1.165, 1.54) is 0 Å². The van der Waals surface area contributed by atoms with Gasteiger partial charge in [0.25, 0.3) is 0 Å². The first-order chi connectivity index (χ1) is 7.02. The molecule has 0 saturated heterocycles. The van der Waals surface area contributed by atoms with Gasteiger partial charge in [0.1, 0.15) is 0 Å². The van der Waals surface area contributed by atoms with Gasteiger partial charge < -0.3 is 10.7 Å². The molecular formula is C11H12Cl2N2. The van der Waals surface area contributed by atoms with E-state index in [1.54, 1.807) is 6.07 Å². The number of fused-ring (bicyclic) bond motifs is 1. The summed E-state index contributed by atoms with van der Waals surface area (Å²) in [6.45, 7) is 3.95. The van der Waals surface area contributed by atoms with Gasteiger partial charge in [-0.3, -0.25) is 0 Å². The first-order valence-corrected chi connectivity index (χ1v) is 5.49. The molecule has 0 aliphatic carbocycles. The lowest BCUT2D eigenvalue weighted by Crippen LogP contribution is -2.05. The second-order valence-electron chi connectivity index (χ2n) is 3.74. The van der Waals surface area contributed by atoms with E-state index in [0.29, 0.717) is 10.0 Å². The Morgan fingerprint density at radius 2 is 2.00 bits per heavy atom. The molecule has 0 aliphatic heterocycles. The summed E-state index contributed by atoms with van der Waals surface area (Å²) in [5.74, 6) is 0. The highest BCUT2D eigenvalue weighted by Gasteiger charge is 2.14. The molecule has 1 heterocycles. The Labute approximate surface area is 98.4 Å². The van der Waals surface area contributed by atoms with E-state index in [4.69, 9.17) is 28.9 Å². The van der Waals surface area contributed by atoms with Crippen LogP contribution in [0.4, 0.5) is 0 Å². The van der Waals surface area contributed by atoms with Gasteiger partial charge in [-0.25, -0.2) is 0 Å². The Balaban J connectivity index is 2.85. The van der Waals surface area contributed by atoms with Crippen LogP contribution in [0.5, 0.6) is 0 Å². The van der Waals surface area contributed by atoms with Crippen LogP contribution in [0.2, 0.25) is 10.0 Å². The molecule has 3 N–H and O–H groups in total. The molecule has 0 radical (unpaired) electrons. The first-order valence-electron chi connectivity index (χ1n) is 4.74. The van der Waals surface area contributed by atoms with Gasteiger partial charge >= 0.3 is 0 Å². The predicted molar refractivity (Wildman–Crippen MR) is 65.7 cm³/mol. The third-order valence-electron chi connectivity index (χ3n) is 2.56. The number of hydrogen-bond donors (Lipinski definition) is 2. The Kier molecular flexibility index (Phi) is 2.67. The first kappa shape index (κ1) is 10.8. The highest BCUT2D eigenvalue weighted by atomic mass is 35.5. The molecule has 15 heavy (non-hydrogen) atoms. The summed E-state index contributed by atoms with van der Waals surface area (Å²) in [4.78, 5) is 3.22. The number of aryl methyl sites for hydroxylation is 1. The summed E-state index contributed by atoms with van der Waals surface area (Å²) in [6.07, 6.45) is 0. The fourth-order valence-corrected chi connectivity index (χ4v) is 2.31. The van der Waals surface area contributed by atoms with Crippen molar-refractivity contribution in [3.8, 4) is 0 Å². The van der Waals surface area contributed by atoms with Crippen molar-refractivity contribution >= 4 is 34.1 Å². The number of halogens is 2. The maximum absolute atomic E-state index is 6.11. The number of benzene rings is 1. The molecule has 2 aromatic rings. The largest absolute Gasteiger partial charge is 0.357 e. The lowest BCUT2D eigenvalue weighted by Gasteiger charge is -2.05. The molecule has 2 nitrogen and oxygen atoms in total. The highest BCUT2D eigenvalue weighted by molar-refractivity contribution is 6.45. The molecule has 1 unspecified atom stereocenters. The van der Waals surface area contributed by atoms with Gasteiger partial charge in [0.2, 0.25) is 0 Å². The van der Waals surface area contributed by atoms with E-state index in [1.807, 2.05) is 19.9 Å². The Hall–Kier alpha value is -0.700. The number of nitrogens with two attached hydrogens (primary N) is 1. The van der Waals surface area contributed by atoms with Crippen LogP contribution in [0.25, 0.3) is 10.9 Å². The zero-order chi connectivity index (χ0) is 11.2. The maximum Gasteiger partial charge on any atom is 0.0833 e. The number of rotatable bonds is 1. The van der Waals surface area contributed by atoms with Gasteiger partial charge in [-0.05, 0) is 25.5 Å². The SMILES string of the molecule is Cc1[nH]c2c(Cl)c(Cl)ccc2c1C(C)N. The van der Waals surface area contributed by atoms with E-state index in [9.17, 15) is 0 Å². The van der Waals surface area contributed by atoms with Crippen molar-refractivity contribution < 1.29 is 0 Å². The molecule has 0 fully saturated rings. The van der Waals surface area contributed by atoms with E-state index >= 15 is 0 Å². The van der Waals surface area contributed by atoms with Gasteiger partial charge in [0.15, 0.2) is 0 Å². The van der Waals surface area contributed by atoms with E-state index in [2.05, 4.69) is 4.98 Å². The Morgan fingerprint density at radius 3 is 2.60 bits per heavy atom. The molecule has 0 amide bonds. The number of aromatic amines is 1. The van der Waals surface area contributed by atoms with E-state index in [-0.39, 0.29) is 6.04 Å². The normalized spacial score (nSPS) is 13.4. The van der Waals surface area contributed by atoms with Crippen molar-refractivity contribution in [3.63, 3.8) is 0 Å². The second-order valence-corrected chi connectivity index (χ2v) is 4.52. The molecule has 1 aromatic heterocycles. The van der Waals surface area contributed by atoms with Gasteiger partial charge in [0, 0.05) is 17.1 Å². The fraction of sp³-hybridized carbons (Fsp3) is 0.273. The van der Waals surface area contributed by atoms with Gasteiger partial charge in [-0.2, -0.15) is 0 Å². The molecular weight excluding hydrogens is 231 g/mol. The summed E-state index contributed by atoms with van der Waals surface area (Å²) in [5, 5.41) is 2.17. The third-order valence-corrected chi connectivity index (χ3v) is 3.36. The van der Waals surface area contributed by atoms with Crippen molar-refractivity contribution in [2.24, 2.45) is 5.73 Å². The monoisotopic (exact) mass is 242 g/mol. The summed E-state index contributed by atoms with van der Waals surface area (Å²) in [6, 6.07) is 3.73. The van der Waals surface area contributed by atoms with Crippen molar-refractivity contribution in [1.29, 1.82) is 0 Å². The molecule has 2 rings (SSSR count). The molecule has 4 heteroatoms. The molecule has 80 valence electrons. The number of nitrogens with one attached hydrogen (secondary N) is 1. The summed E-state index contributed by atoms with van der Waals surface area (Å²) in [7, 11) is 0. The Bertz CT molecular complexity index is 515. The van der Waals surface area contributed by atoms with Gasteiger partial charge in [-0.1, -0.05) is 29.3 Å². The number of H-pyrrole nitrogens is 1. The summed E-state index contributed by atoms with van der Waals surface area (Å²) >= 11 is 12.1. The predicted octanol–water partition coefficient (Wildman–Crippen LogP) is 3.80. The van der Waals surface area contributed by atoms with Crippen molar-refractivity contribution in [2.45, 2.75) is 19.9 Å². The summed E-state index contributed by atoms with van der Waals surface area (Å²) < 4.78 is 0. The quantitative estimate of drug-likeness (QED) is 0.785.